The van der Waals surface area contributed by atoms with E-state index in [1.165, 1.54) is 35.9 Å². The molecule has 0 saturated heterocycles. The molecule has 1 N–H and O–H groups in total. The standard InChI is InChI=1S/C18H13F2N3O3S/c1-9-3-14-15(26-18(19,20)25-14)4-11(9)13-5-22-16(6-21-13)23-17(24)12-8-27-7-10(12)2/h3-8H,1-2H3,(H,22,23,24). The first-order valence-electron chi connectivity index (χ1n) is 7.89. The lowest BCUT2D eigenvalue weighted by molar-refractivity contribution is -0.286. The van der Waals surface area contributed by atoms with Crippen LogP contribution in [0.3, 0.4) is 0 Å². The molecule has 0 spiro atoms. The number of nitrogens with one attached hydrogen (secondary N) is 1. The molecule has 138 valence electrons. The molecule has 27 heavy (non-hydrogen) atoms. The zero-order chi connectivity index (χ0) is 19.2. The third-order valence-corrected chi connectivity index (χ3v) is 4.88. The molecule has 0 unspecified atom stereocenters. The van der Waals surface area contributed by atoms with Gasteiger partial charge in [-0.05, 0) is 42.5 Å². The summed E-state index contributed by atoms with van der Waals surface area (Å²) in [4.78, 5) is 20.7. The summed E-state index contributed by atoms with van der Waals surface area (Å²) in [6.07, 6.45) is -0.806. The number of rotatable bonds is 3. The van der Waals surface area contributed by atoms with Crippen LogP contribution in [0.5, 0.6) is 11.5 Å². The number of anilines is 1. The molecule has 0 atom stereocenters. The molecule has 0 saturated carbocycles. The van der Waals surface area contributed by atoms with Gasteiger partial charge >= 0.3 is 6.29 Å². The van der Waals surface area contributed by atoms with E-state index in [-0.39, 0.29) is 17.4 Å². The van der Waals surface area contributed by atoms with Gasteiger partial charge in [0.05, 0.1) is 23.7 Å². The van der Waals surface area contributed by atoms with Crippen molar-refractivity contribution in [2.24, 2.45) is 0 Å². The zero-order valence-corrected chi connectivity index (χ0v) is 15.1. The van der Waals surface area contributed by atoms with E-state index >= 15 is 0 Å². The van der Waals surface area contributed by atoms with Gasteiger partial charge in [-0.1, -0.05) is 0 Å². The molecule has 2 aromatic heterocycles. The minimum atomic E-state index is -3.67. The molecule has 4 rings (SSSR count). The number of amides is 1. The van der Waals surface area contributed by atoms with E-state index in [0.29, 0.717) is 28.2 Å². The van der Waals surface area contributed by atoms with E-state index in [2.05, 4.69) is 24.8 Å². The Balaban J connectivity index is 1.57. The molecule has 1 aromatic carbocycles. The zero-order valence-electron chi connectivity index (χ0n) is 14.2. The second-order valence-corrected chi connectivity index (χ2v) is 6.73. The van der Waals surface area contributed by atoms with Crippen LogP contribution in [0.2, 0.25) is 0 Å². The SMILES string of the molecule is Cc1cscc1C(=O)Nc1cnc(-c2cc3c(cc2C)OC(F)(F)O3)cn1. The van der Waals surface area contributed by atoms with Crippen LogP contribution in [0, 0.1) is 13.8 Å². The quantitative estimate of drug-likeness (QED) is 0.719. The summed E-state index contributed by atoms with van der Waals surface area (Å²) in [7, 11) is 0. The van der Waals surface area contributed by atoms with Gasteiger partial charge in [-0.15, -0.1) is 8.78 Å². The maximum atomic E-state index is 13.2. The molecule has 0 bridgehead atoms. The van der Waals surface area contributed by atoms with Crippen molar-refractivity contribution >= 4 is 23.1 Å². The lowest BCUT2D eigenvalue weighted by atomic mass is 10.1. The maximum absolute atomic E-state index is 13.2. The number of fused-ring (bicyclic) bond motifs is 1. The number of benzene rings is 1. The minimum absolute atomic E-state index is 0.0239. The van der Waals surface area contributed by atoms with Crippen molar-refractivity contribution in [3.8, 4) is 22.8 Å². The van der Waals surface area contributed by atoms with Crippen LogP contribution < -0.4 is 14.8 Å². The fourth-order valence-electron chi connectivity index (χ4n) is 2.68. The number of carbonyl (C=O) groups excluding carboxylic acids is 1. The third-order valence-electron chi connectivity index (χ3n) is 4.02. The van der Waals surface area contributed by atoms with Crippen molar-refractivity contribution in [1.29, 1.82) is 0 Å². The van der Waals surface area contributed by atoms with Crippen LogP contribution in [0.1, 0.15) is 21.5 Å². The number of alkyl halides is 2. The number of nitrogens with zero attached hydrogens (tertiary/aromatic N) is 2. The topological polar surface area (TPSA) is 73.3 Å². The summed E-state index contributed by atoms with van der Waals surface area (Å²) < 4.78 is 35.3. The fraction of sp³-hybridized carbons (Fsp3) is 0.167. The normalized spacial score (nSPS) is 14.2. The van der Waals surface area contributed by atoms with Gasteiger partial charge in [0.2, 0.25) is 0 Å². The Morgan fingerprint density at radius 2 is 1.81 bits per heavy atom. The van der Waals surface area contributed by atoms with Gasteiger partial charge in [0.15, 0.2) is 17.3 Å². The Labute approximate surface area is 156 Å². The van der Waals surface area contributed by atoms with Crippen LogP contribution >= 0.6 is 11.3 Å². The van der Waals surface area contributed by atoms with Crippen LogP contribution in [0.25, 0.3) is 11.3 Å². The van der Waals surface area contributed by atoms with E-state index in [1.54, 1.807) is 12.3 Å². The highest BCUT2D eigenvalue weighted by atomic mass is 32.1. The number of thiophene rings is 1. The van der Waals surface area contributed by atoms with E-state index in [4.69, 9.17) is 0 Å². The first-order chi connectivity index (χ1) is 12.8. The average molecular weight is 389 g/mol. The average Bonchev–Trinajstić information content (AvgIpc) is 3.16. The smallest absolute Gasteiger partial charge is 0.395 e. The number of hydrogen-bond donors (Lipinski definition) is 1. The van der Waals surface area contributed by atoms with E-state index in [9.17, 15) is 13.6 Å². The molecule has 1 amide bonds. The predicted octanol–water partition coefficient (Wildman–Crippen LogP) is 4.40. The largest absolute Gasteiger partial charge is 0.586 e. The van der Waals surface area contributed by atoms with Crippen molar-refractivity contribution in [3.05, 3.63) is 52.0 Å². The van der Waals surface area contributed by atoms with E-state index in [1.807, 2.05) is 12.3 Å². The summed E-state index contributed by atoms with van der Waals surface area (Å²) in [5, 5.41) is 6.33. The first kappa shape index (κ1) is 17.3. The summed E-state index contributed by atoms with van der Waals surface area (Å²) in [5.41, 5.74) is 3.18. The molecular weight excluding hydrogens is 376 g/mol. The van der Waals surface area contributed by atoms with Gasteiger partial charge in [0.1, 0.15) is 0 Å². The molecule has 3 aromatic rings. The highest BCUT2D eigenvalue weighted by Crippen LogP contribution is 2.44. The van der Waals surface area contributed by atoms with E-state index in [0.717, 1.165) is 5.56 Å². The molecule has 1 aliphatic rings. The highest BCUT2D eigenvalue weighted by Gasteiger charge is 2.43. The Morgan fingerprint density at radius 3 is 2.44 bits per heavy atom. The van der Waals surface area contributed by atoms with Gasteiger partial charge in [0, 0.05) is 10.9 Å². The van der Waals surface area contributed by atoms with E-state index < -0.39 is 6.29 Å². The molecule has 0 radical (unpaired) electrons. The summed E-state index contributed by atoms with van der Waals surface area (Å²) >= 11 is 1.44. The molecule has 6 nitrogen and oxygen atoms in total. The Hall–Kier alpha value is -3.07. The van der Waals surface area contributed by atoms with Crippen LogP contribution in [0.4, 0.5) is 14.6 Å². The maximum Gasteiger partial charge on any atom is 0.586 e. The number of aryl methyl sites for hydroxylation is 2. The van der Waals surface area contributed by atoms with Crippen molar-refractivity contribution in [3.63, 3.8) is 0 Å². The molecule has 9 heteroatoms. The second-order valence-electron chi connectivity index (χ2n) is 5.99. The van der Waals surface area contributed by atoms with Crippen molar-refractivity contribution < 1.29 is 23.0 Å². The number of halogens is 2. The lowest BCUT2D eigenvalue weighted by Gasteiger charge is -2.08. The number of ether oxygens (including phenoxy) is 2. The van der Waals surface area contributed by atoms with Gasteiger partial charge in [-0.2, -0.15) is 11.3 Å². The minimum Gasteiger partial charge on any atom is -0.395 e. The van der Waals surface area contributed by atoms with Gasteiger partial charge in [-0.3, -0.25) is 9.78 Å². The number of aromatic nitrogens is 2. The molecule has 3 heterocycles. The predicted molar refractivity (Wildman–Crippen MR) is 95.4 cm³/mol. The number of hydrogen-bond acceptors (Lipinski definition) is 6. The monoisotopic (exact) mass is 389 g/mol. The van der Waals surface area contributed by atoms with Crippen molar-refractivity contribution in [2.75, 3.05) is 5.32 Å². The Morgan fingerprint density at radius 1 is 1.07 bits per heavy atom. The fourth-order valence-corrected chi connectivity index (χ4v) is 3.51. The first-order valence-corrected chi connectivity index (χ1v) is 8.84. The third kappa shape index (κ3) is 3.33. The summed E-state index contributed by atoms with van der Waals surface area (Å²) in [6, 6.07) is 2.89. The van der Waals surface area contributed by atoms with Crippen LogP contribution in [-0.2, 0) is 0 Å². The Bertz CT molecular complexity index is 1030. The van der Waals surface area contributed by atoms with Gasteiger partial charge in [0.25, 0.3) is 5.91 Å². The molecule has 0 aliphatic carbocycles. The molecular formula is C18H13F2N3O3S. The molecule has 1 aliphatic heterocycles. The second kappa shape index (κ2) is 6.27. The molecule has 0 fully saturated rings. The van der Waals surface area contributed by atoms with Gasteiger partial charge in [-0.25, -0.2) is 4.98 Å². The highest BCUT2D eigenvalue weighted by molar-refractivity contribution is 7.08. The summed E-state index contributed by atoms with van der Waals surface area (Å²) in [6.45, 7) is 3.60. The van der Waals surface area contributed by atoms with Crippen molar-refractivity contribution in [2.45, 2.75) is 20.1 Å². The lowest BCUT2D eigenvalue weighted by Crippen LogP contribution is -2.25. The van der Waals surface area contributed by atoms with Gasteiger partial charge < -0.3 is 14.8 Å². The van der Waals surface area contributed by atoms with Crippen LogP contribution in [-0.4, -0.2) is 22.2 Å². The van der Waals surface area contributed by atoms with Crippen molar-refractivity contribution in [1.82, 2.24) is 9.97 Å². The Kier molecular flexibility index (Phi) is 4.03. The number of carbonyl (C=O) groups is 1. The summed E-state index contributed by atoms with van der Waals surface area (Å²) in [5.74, 6) is -0.0616. The van der Waals surface area contributed by atoms with Crippen LogP contribution in [0.15, 0.2) is 35.3 Å².